The van der Waals surface area contributed by atoms with E-state index in [2.05, 4.69) is 4.98 Å². The van der Waals surface area contributed by atoms with E-state index in [0.29, 0.717) is 33.2 Å². The summed E-state index contributed by atoms with van der Waals surface area (Å²) in [5, 5.41) is 2.69. The van der Waals surface area contributed by atoms with Crippen molar-refractivity contribution in [2.24, 2.45) is 0 Å². The zero-order chi connectivity index (χ0) is 18.4. The van der Waals surface area contributed by atoms with Crippen LogP contribution in [-0.2, 0) is 0 Å². The predicted molar refractivity (Wildman–Crippen MR) is 104 cm³/mol. The first-order chi connectivity index (χ1) is 12.6. The second-order valence-electron chi connectivity index (χ2n) is 5.72. The number of nitrogens with one attached hydrogen (secondary N) is 1. The molecule has 2 heterocycles. The molecule has 0 radical (unpaired) electrons. The highest BCUT2D eigenvalue weighted by atomic mass is 32.1. The third-order valence-electron chi connectivity index (χ3n) is 4.44. The number of rotatable bonds is 4. The summed E-state index contributed by atoms with van der Waals surface area (Å²) in [5.74, 6) is 2.42. The Morgan fingerprint density at radius 3 is 1.92 bits per heavy atom. The summed E-state index contributed by atoms with van der Waals surface area (Å²) in [6, 6.07) is 7.46. The molecule has 134 valence electrons. The largest absolute Gasteiger partial charge is 0.493 e. The van der Waals surface area contributed by atoms with Crippen LogP contribution in [0.25, 0.3) is 31.1 Å². The standard InChI is InChI=1S/C19H17NO5S/c1-22-12-5-9-11(7-14(12)24-3)20-19(21)18-17(9)10-6-13(23-2)15(25-4)8-16(10)26-18/h5-8H,1-4H3,(H,20,21). The number of hydrogen-bond donors (Lipinski definition) is 1. The lowest BCUT2D eigenvalue weighted by molar-refractivity contribution is 0.356. The van der Waals surface area contributed by atoms with E-state index in [9.17, 15) is 4.79 Å². The number of pyridine rings is 1. The summed E-state index contributed by atoms with van der Waals surface area (Å²) in [6.45, 7) is 0. The molecule has 0 bridgehead atoms. The molecule has 26 heavy (non-hydrogen) atoms. The highest BCUT2D eigenvalue weighted by Crippen LogP contribution is 2.43. The summed E-state index contributed by atoms with van der Waals surface area (Å²) in [6.07, 6.45) is 0. The van der Waals surface area contributed by atoms with Crippen molar-refractivity contribution in [1.82, 2.24) is 4.98 Å². The first-order valence-electron chi connectivity index (χ1n) is 7.87. The average molecular weight is 371 g/mol. The van der Waals surface area contributed by atoms with Crippen LogP contribution in [0.2, 0.25) is 0 Å². The van der Waals surface area contributed by atoms with Crippen LogP contribution in [0.3, 0.4) is 0 Å². The van der Waals surface area contributed by atoms with Crippen molar-refractivity contribution in [3.8, 4) is 23.0 Å². The molecule has 0 aliphatic carbocycles. The maximum Gasteiger partial charge on any atom is 0.266 e. The van der Waals surface area contributed by atoms with Crippen LogP contribution in [-0.4, -0.2) is 33.4 Å². The van der Waals surface area contributed by atoms with Crippen molar-refractivity contribution in [1.29, 1.82) is 0 Å². The predicted octanol–water partition coefficient (Wildman–Crippen LogP) is 3.93. The van der Waals surface area contributed by atoms with Crippen molar-refractivity contribution >= 4 is 42.4 Å². The van der Waals surface area contributed by atoms with Gasteiger partial charge < -0.3 is 23.9 Å². The van der Waals surface area contributed by atoms with Crippen LogP contribution in [0, 0.1) is 0 Å². The molecule has 0 spiro atoms. The van der Waals surface area contributed by atoms with E-state index in [4.69, 9.17) is 18.9 Å². The Bertz CT molecular complexity index is 1210. The Kier molecular flexibility index (Phi) is 3.88. The molecular formula is C19H17NO5S. The summed E-state index contributed by atoms with van der Waals surface area (Å²) in [4.78, 5) is 15.6. The Labute approximate surface area is 152 Å². The molecule has 2 aromatic carbocycles. The fourth-order valence-electron chi connectivity index (χ4n) is 3.22. The van der Waals surface area contributed by atoms with Crippen LogP contribution in [0.1, 0.15) is 0 Å². The molecule has 0 amide bonds. The first-order valence-corrected chi connectivity index (χ1v) is 8.69. The van der Waals surface area contributed by atoms with Gasteiger partial charge in [0.05, 0.1) is 34.0 Å². The van der Waals surface area contributed by atoms with Gasteiger partial charge in [-0.15, -0.1) is 11.3 Å². The molecule has 0 fully saturated rings. The lowest BCUT2D eigenvalue weighted by Gasteiger charge is -2.10. The van der Waals surface area contributed by atoms with E-state index in [1.54, 1.807) is 34.5 Å². The van der Waals surface area contributed by atoms with Gasteiger partial charge in [0.2, 0.25) is 0 Å². The van der Waals surface area contributed by atoms with E-state index < -0.39 is 0 Å². The maximum atomic E-state index is 12.6. The first kappa shape index (κ1) is 16.5. The minimum atomic E-state index is -0.140. The topological polar surface area (TPSA) is 69.8 Å². The molecule has 0 atom stereocenters. The van der Waals surface area contributed by atoms with Gasteiger partial charge in [-0.2, -0.15) is 0 Å². The normalized spacial score (nSPS) is 11.2. The van der Waals surface area contributed by atoms with Crippen molar-refractivity contribution < 1.29 is 18.9 Å². The average Bonchev–Trinajstić information content (AvgIpc) is 3.05. The van der Waals surface area contributed by atoms with Gasteiger partial charge in [0.25, 0.3) is 5.56 Å². The number of H-pyrrole nitrogens is 1. The molecule has 0 saturated carbocycles. The molecule has 7 heteroatoms. The van der Waals surface area contributed by atoms with Crippen LogP contribution < -0.4 is 24.5 Å². The van der Waals surface area contributed by atoms with Crippen molar-refractivity contribution in [3.05, 3.63) is 34.6 Å². The quantitative estimate of drug-likeness (QED) is 0.589. The molecule has 0 aliphatic heterocycles. The molecular weight excluding hydrogens is 354 g/mol. The zero-order valence-electron chi connectivity index (χ0n) is 14.8. The number of hydrogen-bond acceptors (Lipinski definition) is 6. The zero-order valence-corrected chi connectivity index (χ0v) is 15.6. The van der Waals surface area contributed by atoms with Gasteiger partial charge in [-0.25, -0.2) is 0 Å². The Morgan fingerprint density at radius 2 is 1.31 bits per heavy atom. The smallest absolute Gasteiger partial charge is 0.266 e. The summed E-state index contributed by atoms with van der Waals surface area (Å²) in [5.41, 5.74) is 0.550. The molecule has 1 N–H and O–H groups in total. The monoisotopic (exact) mass is 371 g/mol. The van der Waals surface area contributed by atoms with Crippen LogP contribution in [0.15, 0.2) is 29.1 Å². The SMILES string of the molecule is COc1cc2[nH]c(=O)c3sc4cc(OC)c(OC)cc4c3c2cc1OC. The Hall–Kier alpha value is -2.93. The van der Waals surface area contributed by atoms with Crippen LogP contribution >= 0.6 is 11.3 Å². The fraction of sp³-hybridized carbons (Fsp3) is 0.211. The van der Waals surface area contributed by atoms with Crippen molar-refractivity contribution in [2.45, 2.75) is 0 Å². The molecule has 0 saturated heterocycles. The number of benzene rings is 2. The molecule has 0 aliphatic rings. The highest BCUT2D eigenvalue weighted by Gasteiger charge is 2.18. The fourth-order valence-corrected chi connectivity index (χ4v) is 4.34. The maximum absolute atomic E-state index is 12.6. The lowest BCUT2D eigenvalue weighted by Crippen LogP contribution is -2.04. The third kappa shape index (κ3) is 2.28. The molecule has 4 aromatic rings. The summed E-state index contributed by atoms with van der Waals surface area (Å²) < 4.78 is 23.2. The Balaban J connectivity index is 2.21. The van der Waals surface area contributed by atoms with Crippen molar-refractivity contribution in [2.75, 3.05) is 28.4 Å². The van der Waals surface area contributed by atoms with E-state index in [1.807, 2.05) is 18.2 Å². The van der Waals surface area contributed by atoms with Gasteiger partial charge in [-0.05, 0) is 12.1 Å². The van der Waals surface area contributed by atoms with Gasteiger partial charge in [0.15, 0.2) is 23.0 Å². The molecule has 2 aromatic heterocycles. The minimum absolute atomic E-state index is 0.140. The van der Waals surface area contributed by atoms with E-state index >= 15 is 0 Å². The van der Waals surface area contributed by atoms with E-state index in [1.165, 1.54) is 11.3 Å². The number of thiophene rings is 1. The van der Waals surface area contributed by atoms with Crippen LogP contribution in [0.4, 0.5) is 0 Å². The third-order valence-corrected chi connectivity index (χ3v) is 5.59. The number of ether oxygens (including phenoxy) is 4. The number of methoxy groups -OCH3 is 4. The summed E-state index contributed by atoms with van der Waals surface area (Å²) >= 11 is 1.42. The number of fused-ring (bicyclic) bond motifs is 5. The van der Waals surface area contributed by atoms with E-state index in [-0.39, 0.29) is 5.56 Å². The minimum Gasteiger partial charge on any atom is -0.493 e. The lowest BCUT2D eigenvalue weighted by atomic mass is 10.1. The van der Waals surface area contributed by atoms with E-state index in [0.717, 1.165) is 20.9 Å². The number of aromatic nitrogens is 1. The Morgan fingerprint density at radius 1 is 0.769 bits per heavy atom. The number of aromatic amines is 1. The second-order valence-corrected chi connectivity index (χ2v) is 6.77. The van der Waals surface area contributed by atoms with Gasteiger partial charge in [-0.1, -0.05) is 0 Å². The van der Waals surface area contributed by atoms with Crippen LogP contribution in [0.5, 0.6) is 23.0 Å². The molecule has 0 unspecified atom stereocenters. The summed E-state index contributed by atoms with van der Waals surface area (Å²) in [7, 11) is 6.34. The molecule has 4 rings (SSSR count). The van der Waals surface area contributed by atoms with Gasteiger partial charge >= 0.3 is 0 Å². The van der Waals surface area contributed by atoms with Crippen molar-refractivity contribution in [3.63, 3.8) is 0 Å². The highest BCUT2D eigenvalue weighted by molar-refractivity contribution is 7.26. The van der Waals surface area contributed by atoms with Gasteiger partial charge in [0, 0.05) is 33.0 Å². The molecule has 6 nitrogen and oxygen atoms in total. The van der Waals surface area contributed by atoms with Gasteiger partial charge in [0.1, 0.15) is 4.70 Å². The van der Waals surface area contributed by atoms with Gasteiger partial charge in [-0.3, -0.25) is 4.79 Å². The second kappa shape index (κ2) is 6.10.